The normalized spacial score (nSPS) is 10.7. The van der Waals surface area contributed by atoms with Crippen LogP contribution in [0.5, 0.6) is 0 Å². The molecule has 3 aromatic rings. The van der Waals surface area contributed by atoms with Crippen LogP contribution in [-0.2, 0) is 0 Å². The quantitative estimate of drug-likeness (QED) is 0.185. The molecule has 0 N–H and O–H groups in total. The second-order valence-electron chi connectivity index (χ2n) is 6.25. The molecule has 0 bridgehead atoms. The van der Waals surface area contributed by atoms with Crippen LogP contribution < -0.4 is 0 Å². The lowest BCUT2D eigenvalue weighted by atomic mass is 9.97. The summed E-state index contributed by atoms with van der Waals surface area (Å²) in [7, 11) is 0. The van der Waals surface area contributed by atoms with Gasteiger partial charge in [0.2, 0.25) is 0 Å². The number of nitro groups is 2. The van der Waals surface area contributed by atoms with E-state index < -0.39 is 15.6 Å². The fourth-order valence-corrected chi connectivity index (χ4v) is 2.84. The van der Waals surface area contributed by atoms with Crippen LogP contribution in [0.1, 0.15) is 37.4 Å². The Bertz CT molecular complexity index is 1180. The number of benzene rings is 3. The summed E-state index contributed by atoms with van der Waals surface area (Å²) < 4.78 is 0. The van der Waals surface area contributed by atoms with Gasteiger partial charge in [-0.2, -0.15) is 0 Å². The van der Waals surface area contributed by atoms with Crippen molar-refractivity contribution in [3.63, 3.8) is 0 Å². The zero-order valence-electron chi connectivity index (χ0n) is 15.4. The Kier molecular flexibility index (Phi) is 5.88. The molecule has 0 unspecified atom stereocenters. The molecule has 0 heterocycles. The van der Waals surface area contributed by atoms with Gasteiger partial charge >= 0.3 is 0 Å². The molecule has 0 saturated carbocycles. The lowest BCUT2D eigenvalue weighted by molar-refractivity contribution is -0.385. The maximum atomic E-state index is 12.8. The van der Waals surface area contributed by atoms with Gasteiger partial charge in [-0.1, -0.05) is 36.4 Å². The lowest BCUT2D eigenvalue weighted by Crippen LogP contribution is -2.06. The molecule has 0 atom stereocenters. The Hall–Kier alpha value is -4.46. The van der Waals surface area contributed by atoms with Gasteiger partial charge in [0.1, 0.15) is 5.56 Å². The number of non-ortho nitro benzene ring substituents is 1. The van der Waals surface area contributed by atoms with E-state index in [0.717, 1.165) is 0 Å². The Labute approximate surface area is 170 Å². The predicted octanol–water partition coefficient (Wildman–Crippen LogP) is 4.72. The van der Waals surface area contributed by atoms with Crippen molar-refractivity contribution in [2.75, 3.05) is 0 Å². The molecule has 0 aliphatic carbocycles. The van der Waals surface area contributed by atoms with Crippen molar-refractivity contribution in [2.45, 2.75) is 0 Å². The number of nitro benzene ring substituents is 2. The van der Waals surface area contributed by atoms with Crippen molar-refractivity contribution in [1.82, 2.24) is 0 Å². The van der Waals surface area contributed by atoms with Gasteiger partial charge in [-0.05, 0) is 35.4 Å². The van der Waals surface area contributed by atoms with E-state index in [0.29, 0.717) is 23.0 Å². The molecular formula is C22H14N2O6. The highest BCUT2D eigenvalue weighted by Crippen LogP contribution is 2.23. The number of rotatable bonds is 7. The summed E-state index contributed by atoms with van der Waals surface area (Å²) in [6, 6.07) is 15.8. The van der Waals surface area contributed by atoms with Gasteiger partial charge in [0.05, 0.1) is 9.85 Å². The molecule has 0 spiro atoms. The Morgan fingerprint density at radius 1 is 0.800 bits per heavy atom. The van der Waals surface area contributed by atoms with E-state index in [9.17, 15) is 29.8 Å². The maximum Gasteiger partial charge on any atom is 0.280 e. The van der Waals surface area contributed by atoms with Gasteiger partial charge in [0.25, 0.3) is 11.4 Å². The monoisotopic (exact) mass is 402 g/mol. The molecule has 30 heavy (non-hydrogen) atoms. The molecule has 0 saturated heterocycles. The van der Waals surface area contributed by atoms with E-state index in [-0.39, 0.29) is 22.5 Å². The average molecular weight is 402 g/mol. The molecule has 8 heteroatoms. The SMILES string of the molecule is O=Cc1ccc(C(=O)c2ccccc2[N+](=O)[O-])cc1/C=C/c1ccc([N+](=O)[O-])cc1. The first-order chi connectivity index (χ1) is 14.4. The molecule has 0 amide bonds. The first-order valence-electron chi connectivity index (χ1n) is 8.70. The van der Waals surface area contributed by atoms with Crippen LogP contribution in [0, 0.1) is 20.2 Å². The summed E-state index contributed by atoms with van der Waals surface area (Å²) in [4.78, 5) is 45.0. The number of hydrogen-bond donors (Lipinski definition) is 0. The van der Waals surface area contributed by atoms with Crippen molar-refractivity contribution in [1.29, 1.82) is 0 Å². The molecule has 148 valence electrons. The second-order valence-corrected chi connectivity index (χ2v) is 6.25. The highest BCUT2D eigenvalue weighted by Gasteiger charge is 2.21. The van der Waals surface area contributed by atoms with Crippen molar-refractivity contribution in [2.24, 2.45) is 0 Å². The van der Waals surface area contributed by atoms with Crippen LogP contribution in [0.2, 0.25) is 0 Å². The number of hydrogen-bond acceptors (Lipinski definition) is 6. The summed E-state index contributed by atoms with van der Waals surface area (Å²) in [5.41, 5.74) is 1.22. The summed E-state index contributed by atoms with van der Waals surface area (Å²) in [6.45, 7) is 0. The van der Waals surface area contributed by atoms with E-state index >= 15 is 0 Å². The molecule has 0 aliphatic rings. The van der Waals surface area contributed by atoms with Crippen molar-refractivity contribution >= 4 is 35.6 Å². The smallest absolute Gasteiger partial charge is 0.280 e. The Balaban J connectivity index is 1.96. The Morgan fingerprint density at radius 3 is 2.13 bits per heavy atom. The zero-order chi connectivity index (χ0) is 21.7. The van der Waals surface area contributed by atoms with Crippen molar-refractivity contribution in [3.8, 4) is 0 Å². The minimum Gasteiger partial charge on any atom is -0.298 e. The van der Waals surface area contributed by atoms with Crippen LogP contribution in [0.15, 0.2) is 66.7 Å². The zero-order valence-corrected chi connectivity index (χ0v) is 15.4. The predicted molar refractivity (Wildman–Crippen MR) is 110 cm³/mol. The number of ketones is 1. The number of para-hydroxylation sites is 1. The highest BCUT2D eigenvalue weighted by molar-refractivity contribution is 6.12. The van der Waals surface area contributed by atoms with Gasteiger partial charge in [0, 0.05) is 29.3 Å². The van der Waals surface area contributed by atoms with Crippen LogP contribution in [0.4, 0.5) is 11.4 Å². The fourth-order valence-electron chi connectivity index (χ4n) is 2.84. The minimum atomic E-state index is -0.623. The molecule has 0 radical (unpaired) electrons. The van der Waals surface area contributed by atoms with E-state index in [4.69, 9.17) is 0 Å². The minimum absolute atomic E-state index is 0.0437. The summed E-state index contributed by atoms with van der Waals surface area (Å²) in [5.74, 6) is -0.537. The number of nitrogens with zero attached hydrogens (tertiary/aromatic N) is 2. The average Bonchev–Trinajstić information content (AvgIpc) is 2.77. The molecule has 3 rings (SSSR count). The Morgan fingerprint density at radius 2 is 1.50 bits per heavy atom. The third-order valence-corrected chi connectivity index (χ3v) is 4.38. The third kappa shape index (κ3) is 4.33. The number of carbonyl (C=O) groups excluding carboxylic acids is 2. The molecule has 3 aromatic carbocycles. The van der Waals surface area contributed by atoms with E-state index in [1.165, 1.54) is 54.6 Å². The molecule has 0 aromatic heterocycles. The van der Waals surface area contributed by atoms with Gasteiger partial charge < -0.3 is 0 Å². The maximum absolute atomic E-state index is 12.8. The largest absolute Gasteiger partial charge is 0.298 e. The summed E-state index contributed by atoms with van der Waals surface area (Å²) in [5, 5.41) is 21.9. The molecule has 8 nitrogen and oxygen atoms in total. The van der Waals surface area contributed by atoms with E-state index in [1.54, 1.807) is 24.3 Å². The molecule has 0 fully saturated rings. The van der Waals surface area contributed by atoms with E-state index in [2.05, 4.69) is 0 Å². The number of aldehydes is 1. The standard InChI is InChI=1S/C22H14N2O6/c25-14-18-10-9-17(22(26)20-3-1-2-4-21(20)24(29)30)13-16(18)8-5-15-6-11-19(12-7-15)23(27)28/h1-14H/b8-5+. The molecular weight excluding hydrogens is 388 g/mol. The van der Waals surface area contributed by atoms with Crippen molar-refractivity contribution in [3.05, 3.63) is 115 Å². The first-order valence-corrected chi connectivity index (χ1v) is 8.70. The van der Waals surface area contributed by atoms with Gasteiger partial charge in [-0.15, -0.1) is 0 Å². The fraction of sp³-hybridized carbons (Fsp3) is 0. The van der Waals surface area contributed by atoms with Crippen LogP contribution in [0.25, 0.3) is 12.2 Å². The topological polar surface area (TPSA) is 120 Å². The van der Waals surface area contributed by atoms with E-state index in [1.807, 2.05) is 0 Å². The third-order valence-electron chi connectivity index (χ3n) is 4.38. The summed E-state index contributed by atoms with van der Waals surface area (Å²) in [6.07, 6.45) is 3.88. The van der Waals surface area contributed by atoms with Crippen molar-refractivity contribution < 1.29 is 19.4 Å². The molecule has 0 aliphatic heterocycles. The first kappa shape index (κ1) is 20.3. The summed E-state index contributed by atoms with van der Waals surface area (Å²) >= 11 is 0. The van der Waals surface area contributed by atoms with Gasteiger partial charge in [-0.25, -0.2) is 0 Å². The van der Waals surface area contributed by atoms with Gasteiger partial charge in [-0.3, -0.25) is 29.8 Å². The lowest BCUT2D eigenvalue weighted by Gasteiger charge is -2.06. The van der Waals surface area contributed by atoms with Crippen LogP contribution in [-0.4, -0.2) is 21.9 Å². The van der Waals surface area contributed by atoms with Gasteiger partial charge in [0.15, 0.2) is 12.1 Å². The highest BCUT2D eigenvalue weighted by atomic mass is 16.6. The number of carbonyl (C=O) groups is 2. The van der Waals surface area contributed by atoms with Crippen LogP contribution >= 0.6 is 0 Å². The van der Waals surface area contributed by atoms with Crippen LogP contribution in [0.3, 0.4) is 0 Å². The second kappa shape index (κ2) is 8.70.